The van der Waals surface area contributed by atoms with E-state index in [1.165, 1.54) is 0 Å². The number of nitrogens with zero attached hydrogens (tertiary/aromatic N) is 1. The first-order valence-corrected chi connectivity index (χ1v) is 6.84. The molecule has 5 nitrogen and oxygen atoms in total. The van der Waals surface area contributed by atoms with Gasteiger partial charge in [0.25, 0.3) is 0 Å². The Morgan fingerprint density at radius 3 is 2.71 bits per heavy atom. The zero-order chi connectivity index (χ0) is 14.8. The average Bonchev–Trinajstić information content (AvgIpc) is 2.95. The lowest BCUT2D eigenvalue weighted by molar-refractivity contribution is 0.119. The number of methoxy groups -OCH3 is 2. The first kappa shape index (κ1) is 13.8. The molecule has 0 amide bonds. The highest BCUT2D eigenvalue weighted by atomic mass is 16.5. The molecule has 1 aliphatic rings. The van der Waals surface area contributed by atoms with E-state index in [-0.39, 0.29) is 6.10 Å². The van der Waals surface area contributed by atoms with E-state index in [1.54, 1.807) is 20.5 Å². The maximum atomic E-state index is 6.12. The number of benzene rings is 1. The predicted octanol–water partition coefficient (Wildman–Crippen LogP) is 2.86. The summed E-state index contributed by atoms with van der Waals surface area (Å²) in [6, 6.07) is 7.55. The van der Waals surface area contributed by atoms with E-state index in [1.807, 2.05) is 24.3 Å². The van der Waals surface area contributed by atoms with Gasteiger partial charge in [-0.3, -0.25) is 4.90 Å². The lowest BCUT2D eigenvalue weighted by atomic mass is 10.1. The molecule has 1 unspecified atom stereocenters. The Bertz CT molecular complexity index is 622. The summed E-state index contributed by atoms with van der Waals surface area (Å²) in [5.41, 5.74) is 1.11. The number of rotatable bonds is 4. The second-order valence-corrected chi connectivity index (χ2v) is 5.12. The highest BCUT2D eigenvalue weighted by Crippen LogP contribution is 2.35. The second kappa shape index (κ2) is 5.69. The lowest BCUT2D eigenvalue weighted by Crippen LogP contribution is -2.32. The summed E-state index contributed by atoms with van der Waals surface area (Å²) in [6.45, 7) is 1.63. The van der Waals surface area contributed by atoms with Crippen molar-refractivity contribution in [3.8, 4) is 17.2 Å². The van der Waals surface area contributed by atoms with Crippen molar-refractivity contribution in [2.75, 3.05) is 27.8 Å². The van der Waals surface area contributed by atoms with Crippen LogP contribution in [-0.4, -0.2) is 32.7 Å². The average molecular weight is 289 g/mol. The number of hydrogen-bond donors (Lipinski definition) is 0. The fraction of sp³-hybridized carbons (Fsp3) is 0.375. The van der Waals surface area contributed by atoms with Crippen LogP contribution in [0.5, 0.6) is 17.2 Å². The minimum atomic E-state index is -0.0457. The first-order chi connectivity index (χ1) is 10.2. The van der Waals surface area contributed by atoms with Gasteiger partial charge in [-0.15, -0.1) is 0 Å². The molecule has 0 aliphatic carbocycles. The Morgan fingerprint density at radius 1 is 1.14 bits per heavy atom. The Morgan fingerprint density at radius 2 is 1.95 bits per heavy atom. The summed E-state index contributed by atoms with van der Waals surface area (Å²) in [6.07, 6.45) is 1.67. The van der Waals surface area contributed by atoms with E-state index in [9.17, 15) is 0 Å². The summed E-state index contributed by atoms with van der Waals surface area (Å²) < 4.78 is 22.2. The molecule has 112 valence electrons. The smallest absolute Gasteiger partial charge is 0.164 e. The van der Waals surface area contributed by atoms with Gasteiger partial charge in [-0.05, 0) is 25.2 Å². The number of furan rings is 1. The fourth-order valence-corrected chi connectivity index (χ4v) is 2.61. The maximum Gasteiger partial charge on any atom is 0.164 e. The number of likely N-dealkylation sites (N-methyl/N-ethyl adjacent to an activating group) is 1. The largest absolute Gasteiger partial charge is 0.493 e. The second-order valence-electron chi connectivity index (χ2n) is 5.12. The number of hydrogen-bond acceptors (Lipinski definition) is 5. The molecule has 0 radical (unpaired) electrons. The van der Waals surface area contributed by atoms with Gasteiger partial charge in [0.15, 0.2) is 11.5 Å². The monoisotopic (exact) mass is 289 g/mol. The molecule has 3 rings (SSSR count). The molecule has 0 bridgehead atoms. The van der Waals surface area contributed by atoms with Crippen molar-refractivity contribution in [3.63, 3.8) is 0 Å². The van der Waals surface area contributed by atoms with Crippen LogP contribution in [0.2, 0.25) is 0 Å². The van der Waals surface area contributed by atoms with Crippen molar-refractivity contribution in [1.29, 1.82) is 0 Å². The quantitative estimate of drug-likeness (QED) is 0.866. The normalized spacial score (nSPS) is 18.1. The summed E-state index contributed by atoms with van der Waals surface area (Å²) in [7, 11) is 5.28. The van der Waals surface area contributed by atoms with Gasteiger partial charge in [-0.25, -0.2) is 0 Å². The molecule has 0 fully saturated rings. The number of fused-ring (bicyclic) bond motifs is 1. The summed E-state index contributed by atoms with van der Waals surface area (Å²) >= 11 is 0. The van der Waals surface area contributed by atoms with Crippen molar-refractivity contribution in [2.24, 2.45) is 0 Å². The summed E-state index contributed by atoms with van der Waals surface area (Å²) in [5, 5.41) is 0. The van der Waals surface area contributed by atoms with Crippen LogP contribution in [0.1, 0.15) is 17.4 Å². The summed E-state index contributed by atoms with van der Waals surface area (Å²) in [4.78, 5) is 2.18. The maximum absolute atomic E-state index is 6.12. The Balaban J connectivity index is 1.84. The third-order valence-corrected chi connectivity index (χ3v) is 3.65. The van der Waals surface area contributed by atoms with Crippen molar-refractivity contribution in [3.05, 3.63) is 41.9 Å². The van der Waals surface area contributed by atoms with Gasteiger partial charge in [0.05, 0.1) is 27.0 Å². The van der Waals surface area contributed by atoms with E-state index in [4.69, 9.17) is 18.6 Å². The minimum absolute atomic E-state index is 0.0457. The van der Waals surface area contributed by atoms with E-state index in [2.05, 4.69) is 11.9 Å². The molecule has 0 saturated carbocycles. The third kappa shape index (κ3) is 2.69. The summed E-state index contributed by atoms with van der Waals surface area (Å²) in [5.74, 6) is 3.07. The van der Waals surface area contributed by atoms with Crippen LogP contribution >= 0.6 is 0 Å². The topological polar surface area (TPSA) is 44.1 Å². The lowest BCUT2D eigenvalue weighted by Gasteiger charge is -2.29. The van der Waals surface area contributed by atoms with Gasteiger partial charge in [-0.2, -0.15) is 0 Å². The molecule has 0 N–H and O–H groups in total. The minimum Gasteiger partial charge on any atom is -0.493 e. The molecule has 0 saturated heterocycles. The van der Waals surface area contributed by atoms with Crippen LogP contribution in [-0.2, 0) is 6.54 Å². The molecule has 5 heteroatoms. The molecule has 1 atom stereocenters. The molecule has 1 aromatic heterocycles. The third-order valence-electron chi connectivity index (χ3n) is 3.65. The van der Waals surface area contributed by atoms with Crippen LogP contribution in [0.25, 0.3) is 0 Å². The highest BCUT2D eigenvalue weighted by Gasteiger charge is 2.27. The molecule has 21 heavy (non-hydrogen) atoms. The van der Waals surface area contributed by atoms with E-state index >= 15 is 0 Å². The Hall–Kier alpha value is -2.14. The van der Waals surface area contributed by atoms with Gasteiger partial charge in [0.2, 0.25) is 0 Å². The van der Waals surface area contributed by atoms with Crippen LogP contribution < -0.4 is 14.2 Å². The molecule has 1 aliphatic heterocycles. The van der Waals surface area contributed by atoms with Crippen LogP contribution in [0, 0.1) is 0 Å². The van der Waals surface area contributed by atoms with Crippen molar-refractivity contribution < 1.29 is 18.6 Å². The predicted molar refractivity (Wildman–Crippen MR) is 78.0 cm³/mol. The van der Waals surface area contributed by atoms with Crippen molar-refractivity contribution in [1.82, 2.24) is 4.90 Å². The van der Waals surface area contributed by atoms with Crippen LogP contribution in [0.15, 0.2) is 34.9 Å². The zero-order valence-electron chi connectivity index (χ0n) is 12.5. The Kier molecular flexibility index (Phi) is 3.75. The van der Waals surface area contributed by atoms with E-state index in [0.717, 1.165) is 30.2 Å². The van der Waals surface area contributed by atoms with E-state index in [0.29, 0.717) is 11.5 Å². The van der Waals surface area contributed by atoms with E-state index < -0.39 is 0 Å². The van der Waals surface area contributed by atoms with Gasteiger partial charge >= 0.3 is 0 Å². The Labute approximate surface area is 124 Å². The zero-order valence-corrected chi connectivity index (χ0v) is 12.5. The molecule has 1 aromatic carbocycles. The molecule has 0 spiro atoms. The van der Waals surface area contributed by atoms with Gasteiger partial charge in [-0.1, -0.05) is 0 Å². The standard InChI is InChI=1S/C16H19NO4/c1-17-9-15-12(6-7-20-15)16(10-17)21-11-4-5-13(18-2)14(8-11)19-3/h4-8,16H,9-10H2,1-3H3. The molecule has 2 aromatic rings. The van der Waals surface area contributed by atoms with Crippen LogP contribution in [0.4, 0.5) is 0 Å². The van der Waals surface area contributed by atoms with Crippen molar-refractivity contribution >= 4 is 0 Å². The van der Waals surface area contributed by atoms with Crippen LogP contribution in [0.3, 0.4) is 0 Å². The number of ether oxygens (including phenoxy) is 3. The molecular formula is C16H19NO4. The highest BCUT2D eigenvalue weighted by molar-refractivity contribution is 5.45. The molecule has 2 heterocycles. The van der Waals surface area contributed by atoms with Gasteiger partial charge in [0, 0.05) is 18.2 Å². The fourth-order valence-electron chi connectivity index (χ4n) is 2.61. The SMILES string of the molecule is COc1ccc(OC2CN(C)Cc3occc32)cc1OC. The van der Waals surface area contributed by atoms with Gasteiger partial charge in [0.1, 0.15) is 17.6 Å². The van der Waals surface area contributed by atoms with Gasteiger partial charge < -0.3 is 18.6 Å². The first-order valence-electron chi connectivity index (χ1n) is 6.84. The van der Waals surface area contributed by atoms with Crippen molar-refractivity contribution in [2.45, 2.75) is 12.6 Å². The molecular weight excluding hydrogens is 270 g/mol.